The topological polar surface area (TPSA) is 76.2 Å². The number of piperazine rings is 1. The number of halogens is 1. The molecule has 0 atom stereocenters. The molecule has 2 aromatic rings. The Morgan fingerprint density at radius 1 is 1.10 bits per heavy atom. The number of thiophene rings is 1. The largest absolute Gasteiger partial charge is 0.486 e. The summed E-state index contributed by atoms with van der Waals surface area (Å²) in [6, 6.07) is 5.22. The molecule has 2 aliphatic rings. The molecule has 0 N–H and O–H groups in total. The van der Waals surface area contributed by atoms with E-state index >= 15 is 0 Å². The molecule has 1 aromatic heterocycles. The van der Waals surface area contributed by atoms with Crippen LogP contribution >= 0.6 is 22.9 Å². The lowest BCUT2D eigenvalue weighted by atomic mass is 10.1. The van der Waals surface area contributed by atoms with Crippen molar-refractivity contribution in [3.8, 4) is 11.5 Å². The van der Waals surface area contributed by atoms with E-state index in [1.54, 1.807) is 23.1 Å². The summed E-state index contributed by atoms with van der Waals surface area (Å²) in [4.78, 5) is 16.6. The van der Waals surface area contributed by atoms with Gasteiger partial charge in [0.05, 0.1) is 16.3 Å². The fourth-order valence-electron chi connectivity index (χ4n) is 3.73. The van der Waals surface area contributed by atoms with E-state index in [1.807, 2.05) is 13.8 Å². The van der Waals surface area contributed by atoms with Crippen molar-refractivity contribution in [2.75, 3.05) is 39.4 Å². The van der Waals surface area contributed by atoms with Gasteiger partial charge in [-0.05, 0) is 37.6 Å². The van der Waals surface area contributed by atoms with Crippen LogP contribution in [0, 0.1) is 13.8 Å². The molecule has 0 unspecified atom stereocenters. The number of hydrogen-bond donors (Lipinski definition) is 0. The highest BCUT2D eigenvalue weighted by Crippen LogP contribution is 2.38. The maximum absolute atomic E-state index is 13.0. The monoisotopic (exact) mass is 470 g/mol. The van der Waals surface area contributed by atoms with Gasteiger partial charge in [-0.2, -0.15) is 4.31 Å². The summed E-state index contributed by atoms with van der Waals surface area (Å²) in [6.07, 6.45) is 0.173. The Morgan fingerprint density at radius 3 is 2.47 bits per heavy atom. The molecule has 30 heavy (non-hydrogen) atoms. The lowest BCUT2D eigenvalue weighted by Gasteiger charge is -2.34. The molecule has 0 aliphatic carbocycles. The first-order chi connectivity index (χ1) is 14.3. The first-order valence-electron chi connectivity index (χ1n) is 9.68. The Balaban J connectivity index is 1.40. The van der Waals surface area contributed by atoms with Gasteiger partial charge in [-0.15, -0.1) is 11.3 Å². The standard InChI is InChI=1S/C20H23ClN2O5S2/c1-13-9-18(14(2)29-13)30(25,26)23-5-3-22(4-6-23)19(24)12-15-10-16(21)20-17(11-15)27-7-8-28-20/h9-11H,3-8,12H2,1-2H3. The number of amides is 1. The summed E-state index contributed by atoms with van der Waals surface area (Å²) in [5.74, 6) is 0.994. The third-order valence-corrected chi connectivity index (χ3v) is 8.62. The van der Waals surface area contributed by atoms with Crippen molar-refractivity contribution in [3.63, 3.8) is 0 Å². The van der Waals surface area contributed by atoms with Crippen LogP contribution in [0.1, 0.15) is 15.3 Å². The Kier molecular flexibility index (Phi) is 5.98. The van der Waals surface area contributed by atoms with Gasteiger partial charge in [0.25, 0.3) is 0 Å². The minimum Gasteiger partial charge on any atom is -0.486 e. The Labute approximate surface area is 185 Å². The number of aryl methyl sites for hydroxylation is 2. The van der Waals surface area contributed by atoms with Crippen molar-refractivity contribution >= 4 is 38.9 Å². The first kappa shape index (κ1) is 21.4. The number of ether oxygens (including phenoxy) is 2. The van der Waals surface area contributed by atoms with E-state index in [9.17, 15) is 13.2 Å². The fourth-order valence-corrected chi connectivity index (χ4v) is 6.97. The van der Waals surface area contributed by atoms with Gasteiger partial charge in [0.15, 0.2) is 11.5 Å². The molecular weight excluding hydrogens is 448 g/mol. The minimum absolute atomic E-state index is 0.0673. The zero-order valence-corrected chi connectivity index (χ0v) is 19.2. The van der Waals surface area contributed by atoms with Gasteiger partial charge < -0.3 is 14.4 Å². The van der Waals surface area contributed by atoms with Gasteiger partial charge in [-0.1, -0.05) is 11.6 Å². The molecular formula is C20H23ClN2O5S2. The zero-order chi connectivity index (χ0) is 21.5. The molecule has 0 bridgehead atoms. The van der Waals surface area contributed by atoms with Crippen molar-refractivity contribution in [2.45, 2.75) is 25.2 Å². The predicted molar refractivity (Wildman–Crippen MR) is 115 cm³/mol. The number of hydrogen-bond acceptors (Lipinski definition) is 6. The van der Waals surface area contributed by atoms with E-state index in [-0.39, 0.29) is 25.4 Å². The number of sulfonamides is 1. The second-order valence-corrected chi connectivity index (χ2v) is 11.1. The normalized spacial score (nSPS) is 17.2. The van der Waals surface area contributed by atoms with Crippen molar-refractivity contribution in [2.24, 2.45) is 0 Å². The van der Waals surface area contributed by atoms with Crippen LogP contribution < -0.4 is 9.47 Å². The summed E-state index contributed by atoms with van der Waals surface area (Å²) in [5.41, 5.74) is 0.744. The third-order valence-electron chi connectivity index (χ3n) is 5.22. The minimum atomic E-state index is -3.54. The van der Waals surface area contributed by atoms with Crippen LogP contribution in [-0.4, -0.2) is 62.9 Å². The maximum atomic E-state index is 13.0. The molecule has 162 valence electrons. The molecule has 1 amide bonds. The van der Waals surface area contributed by atoms with Crippen molar-refractivity contribution in [1.29, 1.82) is 0 Å². The number of carbonyl (C=O) groups is 1. The van der Waals surface area contributed by atoms with Crippen LogP contribution in [0.15, 0.2) is 23.1 Å². The highest BCUT2D eigenvalue weighted by Gasteiger charge is 2.32. The quantitative estimate of drug-likeness (QED) is 0.686. The number of carbonyl (C=O) groups excluding carboxylic acids is 1. The van der Waals surface area contributed by atoms with Crippen LogP contribution in [0.25, 0.3) is 0 Å². The zero-order valence-electron chi connectivity index (χ0n) is 16.8. The van der Waals surface area contributed by atoms with E-state index in [1.165, 1.54) is 15.6 Å². The molecule has 0 spiro atoms. The molecule has 2 aliphatic heterocycles. The van der Waals surface area contributed by atoms with Crippen LogP contribution in [0.3, 0.4) is 0 Å². The molecule has 10 heteroatoms. The Hall–Kier alpha value is -1.81. The van der Waals surface area contributed by atoms with Gasteiger partial charge in [0.1, 0.15) is 13.2 Å². The highest BCUT2D eigenvalue weighted by molar-refractivity contribution is 7.89. The van der Waals surface area contributed by atoms with Gasteiger partial charge in [-0.3, -0.25) is 4.79 Å². The lowest BCUT2D eigenvalue weighted by molar-refractivity contribution is -0.131. The first-order valence-corrected chi connectivity index (χ1v) is 12.3. The fraction of sp³-hybridized carbons (Fsp3) is 0.450. The van der Waals surface area contributed by atoms with Crippen molar-refractivity contribution in [1.82, 2.24) is 9.21 Å². The molecule has 0 saturated carbocycles. The maximum Gasteiger partial charge on any atom is 0.244 e. The van der Waals surface area contributed by atoms with Crippen LogP contribution in [0.4, 0.5) is 0 Å². The molecule has 3 heterocycles. The van der Waals surface area contributed by atoms with Gasteiger partial charge in [-0.25, -0.2) is 8.42 Å². The van der Waals surface area contributed by atoms with E-state index < -0.39 is 10.0 Å². The molecule has 0 radical (unpaired) electrons. The Bertz CT molecular complexity index is 1080. The molecule has 4 rings (SSSR count). The molecule has 7 nitrogen and oxygen atoms in total. The lowest BCUT2D eigenvalue weighted by Crippen LogP contribution is -2.50. The van der Waals surface area contributed by atoms with Crippen molar-refractivity contribution in [3.05, 3.63) is 38.5 Å². The Morgan fingerprint density at radius 2 is 1.80 bits per heavy atom. The van der Waals surface area contributed by atoms with Gasteiger partial charge in [0.2, 0.25) is 15.9 Å². The molecule has 1 saturated heterocycles. The van der Waals surface area contributed by atoms with Crippen LogP contribution in [0.5, 0.6) is 11.5 Å². The third kappa shape index (κ3) is 4.16. The van der Waals surface area contributed by atoms with Gasteiger partial charge in [0, 0.05) is 35.9 Å². The number of rotatable bonds is 4. The SMILES string of the molecule is Cc1cc(S(=O)(=O)N2CCN(C(=O)Cc3cc(Cl)c4c(c3)OCCO4)CC2)c(C)s1. The average Bonchev–Trinajstić information content (AvgIpc) is 3.07. The van der Waals surface area contributed by atoms with Crippen molar-refractivity contribution < 1.29 is 22.7 Å². The number of nitrogens with zero attached hydrogens (tertiary/aromatic N) is 2. The summed E-state index contributed by atoms with van der Waals surface area (Å²) in [5, 5.41) is 0.423. The summed E-state index contributed by atoms with van der Waals surface area (Å²) in [6.45, 7) is 5.90. The van der Waals surface area contributed by atoms with E-state index in [4.69, 9.17) is 21.1 Å². The van der Waals surface area contributed by atoms with Gasteiger partial charge >= 0.3 is 0 Å². The number of fused-ring (bicyclic) bond motifs is 1. The van der Waals surface area contributed by atoms with E-state index in [0.717, 1.165) is 15.3 Å². The summed E-state index contributed by atoms with van der Waals surface area (Å²) < 4.78 is 38.4. The van der Waals surface area contributed by atoms with E-state index in [0.29, 0.717) is 47.7 Å². The molecule has 1 fully saturated rings. The second kappa shape index (κ2) is 8.37. The van der Waals surface area contributed by atoms with Crippen LogP contribution in [-0.2, 0) is 21.2 Å². The molecule has 1 aromatic carbocycles. The van der Waals surface area contributed by atoms with E-state index in [2.05, 4.69) is 0 Å². The van der Waals surface area contributed by atoms with Crippen LogP contribution in [0.2, 0.25) is 5.02 Å². The smallest absolute Gasteiger partial charge is 0.244 e. The average molecular weight is 471 g/mol. The predicted octanol–water partition coefficient (Wildman–Crippen LogP) is 2.87. The number of benzene rings is 1. The highest BCUT2D eigenvalue weighted by atomic mass is 35.5. The summed E-state index contributed by atoms with van der Waals surface area (Å²) >= 11 is 7.73. The summed E-state index contributed by atoms with van der Waals surface area (Å²) in [7, 11) is -3.54. The second-order valence-electron chi connectivity index (χ2n) is 7.34.